The number of para-hydroxylation sites is 1. The SMILES string of the molecule is COc1ccccc1CCNC(C#N)c1ccco1. The van der Waals surface area contributed by atoms with E-state index in [2.05, 4.69) is 11.4 Å². The molecule has 0 spiro atoms. The molecule has 98 valence electrons. The molecule has 0 aliphatic rings. The Morgan fingerprint density at radius 1 is 1.32 bits per heavy atom. The molecule has 4 nitrogen and oxygen atoms in total. The minimum Gasteiger partial charge on any atom is -0.496 e. The topological polar surface area (TPSA) is 58.2 Å². The van der Waals surface area contributed by atoms with Gasteiger partial charge in [0.05, 0.1) is 19.4 Å². The summed E-state index contributed by atoms with van der Waals surface area (Å²) in [5, 5.41) is 12.3. The van der Waals surface area contributed by atoms with Crippen molar-refractivity contribution in [1.82, 2.24) is 5.32 Å². The van der Waals surface area contributed by atoms with Crippen LogP contribution in [0.1, 0.15) is 17.4 Å². The molecule has 0 aliphatic carbocycles. The van der Waals surface area contributed by atoms with Crippen molar-refractivity contribution in [2.75, 3.05) is 13.7 Å². The number of benzene rings is 1. The van der Waals surface area contributed by atoms with Gasteiger partial charge in [0.25, 0.3) is 0 Å². The predicted molar refractivity (Wildman–Crippen MR) is 71.8 cm³/mol. The summed E-state index contributed by atoms with van der Waals surface area (Å²) in [6.07, 6.45) is 2.37. The van der Waals surface area contributed by atoms with Gasteiger partial charge in [0.2, 0.25) is 0 Å². The predicted octanol–water partition coefficient (Wildman–Crippen LogP) is 2.69. The highest BCUT2D eigenvalue weighted by atomic mass is 16.5. The monoisotopic (exact) mass is 256 g/mol. The zero-order chi connectivity index (χ0) is 13.5. The molecule has 1 N–H and O–H groups in total. The molecular formula is C15H16N2O2. The van der Waals surface area contributed by atoms with E-state index >= 15 is 0 Å². The number of furan rings is 1. The molecule has 0 radical (unpaired) electrons. The minimum atomic E-state index is -0.412. The zero-order valence-corrected chi connectivity index (χ0v) is 10.8. The Balaban J connectivity index is 1.91. The number of methoxy groups -OCH3 is 1. The number of ether oxygens (including phenoxy) is 1. The number of hydrogen-bond acceptors (Lipinski definition) is 4. The van der Waals surface area contributed by atoms with Gasteiger partial charge < -0.3 is 9.15 Å². The lowest BCUT2D eigenvalue weighted by Gasteiger charge is -2.11. The van der Waals surface area contributed by atoms with Crippen molar-refractivity contribution in [2.24, 2.45) is 0 Å². The van der Waals surface area contributed by atoms with E-state index < -0.39 is 6.04 Å². The van der Waals surface area contributed by atoms with E-state index in [-0.39, 0.29) is 0 Å². The van der Waals surface area contributed by atoms with Crippen LogP contribution in [0.3, 0.4) is 0 Å². The summed E-state index contributed by atoms with van der Waals surface area (Å²) in [7, 11) is 1.66. The molecule has 0 amide bonds. The first-order valence-corrected chi connectivity index (χ1v) is 6.13. The van der Waals surface area contributed by atoms with Crippen LogP contribution in [-0.4, -0.2) is 13.7 Å². The van der Waals surface area contributed by atoms with E-state index in [0.29, 0.717) is 12.3 Å². The molecule has 2 aromatic rings. The highest BCUT2D eigenvalue weighted by molar-refractivity contribution is 5.33. The van der Waals surface area contributed by atoms with Gasteiger partial charge >= 0.3 is 0 Å². The first-order valence-electron chi connectivity index (χ1n) is 6.13. The van der Waals surface area contributed by atoms with Crippen molar-refractivity contribution < 1.29 is 9.15 Å². The second kappa shape index (κ2) is 6.62. The van der Waals surface area contributed by atoms with Crippen LogP contribution in [-0.2, 0) is 6.42 Å². The van der Waals surface area contributed by atoms with Gasteiger partial charge in [0.1, 0.15) is 11.5 Å². The van der Waals surface area contributed by atoms with Gasteiger partial charge in [-0.25, -0.2) is 0 Å². The van der Waals surface area contributed by atoms with E-state index in [1.807, 2.05) is 24.3 Å². The molecule has 0 aliphatic heterocycles. The smallest absolute Gasteiger partial charge is 0.154 e. The van der Waals surface area contributed by atoms with Gasteiger partial charge in [-0.15, -0.1) is 0 Å². The third kappa shape index (κ3) is 3.36. The van der Waals surface area contributed by atoms with Crippen LogP contribution in [0.15, 0.2) is 47.1 Å². The second-order valence-corrected chi connectivity index (χ2v) is 4.09. The van der Waals surface area contributed by atoms with Gasteiger partial charge in [-0.05, 0) is 30.2 Å². The molecule has 0 fully saturated rings. The Labute approximate surface area is 112 Å². The van der Waals surface area contributed by atoms with Crippen LogP contribution in [0.2, 0.25) is 0 Å². The number of nitriles is 1. The lowest BCUT2D eigenvalue weighted by atomic mass is 10.1. The maximum absolute atomic E-state index is 9.10. The molecule has 2 rings (SSSR count). The van der Waals surface area contributed by atoms with Crippen molar-refractivity contribution in [1.29, 1.82) is 5.26 Å². The fourth-order valence-corrected chi connectivity index (χ4v) is 1.93. The van der Waals surface area contributed by atoms with Crippen molar-refractivity contribution in [3.8, 4) is 11.8 Å². The second-order valence-electron chi connectivity index (χ2n) is 4.09. The van der Waals surface area contributed by atoms with Gasteiger partial charge in [-0.3, -0.25) is 5.32 Å². The van der Waals surface area contributed by atoms with Gasteiger partial charge in [-0.2, -0.15) is 5.26 Å². The third-order valence-electron chi connectivity index (χ3n) is 2.89. The standard InChI is InChI=1S/C15H16N2O2/c1-18-14-6-3-2-5-12(14)8-9-17-13(11-16)15-7-4-10-19-15/h2-7,10,13,17H,8-9H2,1H3. The molecule has 4 heteroatoms. The van der Waals surface area contributed by atoms with E-state index in [9.17, 15) is 0 Å². The van der Waals surface area contributed by atoms with Crippen molar-refractivity contribution >= 4 is 0 Å². The lowest BCUT2D eigenvalue weighted by molar-refractivity contribution is 0.408. The Hall–Kier alpha value is -2.25. The minimum absolute atomic E-state index is 0.412. The van der Waals surface area contributed by atoms with Crippen molar-refractivity contribution in [2.45, 2.75) is 12.5 Å². The molecule has 19 heavy (non-hydrogen) atoms. The largest absolute Gasteiger partial charge is 0.496 e. The van der Waals surface area contributed by atoms with Crippen LogP contribution in [0, 0.1) is 11.3 Å². The van der Waals surface area contributed by atoms with E-state index in [1.165, 1.54) is 0 Å². The summed E-state index contributed by atoms with van der Waals surface area (Å²) in [4.78, 5) is 0. The average molecular weight is 256 g/mol. The van der Waals surface area contributed by atoms with E-state index in [4.69, 9.17) is 14.4 Å². The summed E-state index contributed by atoms with van der Waals surface area (Å²) < 4.78 is 10.5. The third-order valence-corrected chi connectivity index (χ3v) is 2.89. The molecule has 1 aromatic carbocycles. The summed E-state index contributed by atoms with van der Waals surface area (Å²) in [5.41, 5.74) is 1.12. The summed E-state index contributed by atoms with van der Waals surface area (Å²) in [6, 6.07) is 13.2. The van der Waals surface area contributed by atoms with Crippen LogP contribution >= 0.6 is 0 Å². The fraction of sp³-hybridized carbons (Fsp3) is 0.267. The number of nitrogens with one attached hydrogen (secondary N) is 1. The molecule has 0 saturated carbocycles. The molecule has 1 unspecified atom stereocenters. The normalized spacial score (nSPS) is 11.8. The van der Waals surface area contributed by atoms with Crippen LogP contribution in [0.4, 0.5) is 0 Å². The number of hydrogen-bond donors (Lipinski definition) is 1. The lowest BCUT2D eigenvalue weighted by Crippen LogP contribution is -2.22. The van der Waals surface area contributed by atoms with Gasteiger partial charge in [0.15, 0.2) is 6.04 Å². The molecule has 0 saturated heterocycles. The summed E-state index contributed by atoms with van der Waals surface area (Å²) >= 11 is 0. The average Bonchev–Trinajstić information content (AvgIpc) is 2.98. The van der Waals surface area contributed by atoms with Crippen LogP contribution < -0.4 is 10.1 Å². The Kier molecular flexibility index (Phi) is 4.60. The van der Waals surface area contributed by atoms with E-state index in [1.54, 1.807) is 25.5 Å². The maximum Gasteiger partial charge on any atom is 0.154 e. The molecule has 0 bridgehead atoms. The van der Waals surface area contributed by atoms with Gasteiger partial charge in [-0.1, -0.05) is 18.2 Å². The van der Waals surface area contributed by atoms with Crippen molar-refractivity contribution in [3.05, 3.63) is 54.0 Å². The highest BCUT2D eigenvalue weighted by Gasteiger charge is 2.12. The number of nitrogens with zero attached hydrogens (tertiary/aromatic N) is 1. The quantitative estimate of drug-likeness (QED) is 0.863. The molecule has 1 aromatic heterocycles. The summed E-state index contributed by atoms with van der Waals surface area (Å²) in [6.45, 7) is 0.680. The Morgan fingerprint density at radius 2 is 2.16 bits per heavy atom. The Morgan fingerprint density at radius 3 is 2.84 bits per heavy atom. The van der Waals surface area contributed by atoms with Crippen molar-refractivity contribution in [3.63, 3.8) is 0 Å². The highest BCUT2D eigenvalue weighted by Crippen LogP contribution is 2.18. The molecular weight excluding hydrogens is 240 g/mol. The zero-order valence-electron chi connectivity index (χ0n) is 10.8. The Bertz CT molecular complexity index is 544. The summed E-state index contributed by atoms with van der Waals surface area (Å²) in [5.74, 6) is 1.51. The van der Waals surface area contributed by atoms with Gasteiger partial charge in [0, 0.05) is 6.54 Å². The molecule has 1 atom stereocenters. The molecule has 1 heterocycles. The van der Waals surface area contributed by atoms with Crippen LogP contribution in [0.5, 0.6) is 5.75 Å². The van der Waals surface area contributed by atoms with Crippen LogP contribution in [0.25, 0.3) is 0 Å². The van der Waals surface area contributed by atoms with E-state index in [0.717, 1.165) is 17.7 Å². The first kappa shape index (κ1) is 13.2. The number of rotatable bonds is 6. The maximum atomic E-state index is 9.10. The first-order chi connectivity index (χ1) is 9.35. The fourth-order valence-electron chi connectivity index (χ4n) is 1.93.